The molecule has 1 aliphatic carbocycles. The Morgan fingerprint density at radius 2 is 1.85 bits per heavy atom. The van der Waals surface area contributed by atoms with Gasteiger partial charge in [-0.05, 0) is 56.5 Å². The lowest BCUT2D eigenvalue weighted by Gasteiger charge is -2.13. The van der Waals surface area contributed by atoms with Crippen molar-refractivity contribution >= 4 is 21.6 Å². The predicted octanol–water partition coefficient (Wildman–Crippen LogP) is 3.01. The Morgan fingerprint density at radius 3 is 2.46 bits per heavy atom. The maximum atomic E-state index is 12.6. The van der Waals surface area contributed by atoms with Crippen LogP contribution in [0.2, 0.25) is 0 Å². The second kappa shape index (κ2) is 7.09. The molecule has 138 valence electrons. The van der Waals surface area contributed by atoms with Crippen LogP contribution in [0.5, 0.6) is 5.75 Å². The van der Waals surface area contributed by atoms with Crippen LogP contribution in [-0.4, -0.2) is 27.5 Å². The van der Waals surface area contributed by atoms with Gasteiger partial charge in [-0.25, -0.2) is 13.1 Å². The van der Waals surface area contributed by atoms with Gasteiger partial charge in [-0.15, -0.1) is 0 Å². The summed E-state index contributed by atoms with van der Waals surface area (Å²) in [5.74, 6) is -0.163. The molecule has 1 aliphatic rings. The highest BCUT2D eigenvalue weighted by molar-refractivity contribution is 7.89. The van der Waals surface area contributed by atoms with Gasteiger partial charge in [-0.2, -0.15) is 0 Å². The van der Waals surface area contributed by atoms with Crippen molar-refractivity contribution in [1.29, 1.82) is 0 Å². The van der Waals surface area contributed by atoms with Crippen molar-refractivity contribution in [3.63, 3.8) is 0 Å². The second-order valence-electron chi connectivity index (χ2n) is 6.53. The maximum Gasteiger partial charge on any atom is 0.255 e. The Labute approximate surface area is 153 Å². The van der Waals surface area contributed by atoms with E-state index in [0.717, 1.165) is 24.0 Å². The standard InChI is InChI=1S/C19H22N2O4S/c1-12-4-8-16(13(2)10-12)20-19(22)14-5-9-17(25-3)18(11-14)26(23,24)21-15-6-7-15/h4-5,8-11,15,21H,6-7H2,1-3H3,(H,20,22). The van der Waals surface area contributed by atoms with E-state index < -0.39 is 10.0 Å². The topological polar surface area (TPSA) is 84.5 Å². The molecule has 1 amide bonds. The highest BCUT2D eigenvalue weighted by Crippen LogP contribution is 2.28. The summed E-state index contributed by atoms with van der Waals surface area (Å²) in [6, 6.07) is 10.1. The highest BCUT2D eigenvalue weighted by atomic mass is 32.2. The van der Waals surface area contributed by atoms with Crippen LogP contribution in [-0.2, 0) is 10.0 Å². The summed E-state index contributed by atoms with van der Waals surface area (Å²) >= 11 is 0. The Morgan fingerprint density at radius 1 is 1.12 bits per heavy atom. The fourth-order valence-electron chi connectivity index (χ4n) is 2.66. The Bertz CT molecular complexity index is 950. The largest absolute Gasteiger partial charge is 0.495 e. The van der Waals surface area contributed by atoms with Crippen molar-refractivity contribution in [3.8, 4) is 5.75 Å². The van der Waals surface area contributed by atoms with Gasteiger partial charge >= 0.3 is 0 Å². The van der Waals surface area contributed by atoms with Gasteiger partial charge in [0, 0.05) is 17.3 Å². The van der Waals surface area contributed by atoms with E-state index in [0.29, 0.717) is 5.69 Å². The van der Waals surface area contributed by atoms with Crippen molar-refractivity contribution in [2.45, 2.75) is 37.6 Å². The van der Waals surface area contributed by atoms with Crippen LogP contribution in [0.15, 0.2) is 41.3 Å². The Hall–Kier alpha value is -2.38. The van der Waals surface area contributed by atoms with Gasteiger partial charge in [-0.1, -0.05) is 17.7 Å². The summed E-state index contributed by atoms with van der Waals surface area (Å²) < 4.78 is 32.9. The van der Waals surface area contributed by atoms with Gasteiger partial charge in [0.1, 0.15) is 10.6 Å². The minimum absolute atomic E-state index is 0.0276. The number of methoxy groups -OCH3 is 1. The summed E-state index contributed by atoms with van der Waals surface area (Å²) in [5.41, 5.74) is 2.98. The van der Waals surface area contributed by atoms with Crippen molar-refractivity contribution in [2.24, 2.45) is 0 Å². The van der Waals surface area contributed by atoms with E-state index in [1.807, 2.05) is 32.0 Å². The monoisotopic (exact) mass is 374 g/mol. The minimum Gasteiger partial charge on any atom is -0.495 e. The fraction of sp³-hybridized carbons (Fsp3) is 0.316. The smallest absolute Gasteiger partial charge is 0.255 e. The molecule has 0 radical (unpaired) electrons. The minimum atomic E-state index is -3.74. The molecule has 1 saturated carbocycles. The lowest BCUT2D eigenvalue weighted by atomic mass is 10.1. The first-order valence-electron chi connectivity index (χ1n) is 8.39. The van der Waals surface area contributed by atoms with Gasteiger partial charge in [0.25, 0.3) is 5.91 Å². The van der Waals surface area contributed by atoms with Crippen LogP contribution in [0.1, 0.15) is 34.3 Å². The number of benzene rings is 2. The SMILES string of the molecule is COc1ccc(C(=O)Nc2ccc(C)cc2C)cc1S(=O)(=O)NC1CC1. The van der Waals surface area contributed by atoms with Crippen LogP contribution < -0.4 is 14.8 Å². The number of aryl methyl sites for hydroxylation is 2. The van der Waals surface area contributed by atoms with Gasteiger partial charge < -0.3 is 10.1 Å². The Kier molecular flexibility index (Phi) is 5.02. The first-order valence-corrected chi connectivity index (χ1v) is 9.87. The van der Waals surface area contributed by atoms with Crippen molar-refractivity contribution in [1.82, 2.24) is 4.72 Å². The first kappa shape index (κ1) is 18.4. The van der Waals surface area contributed by atoms with Crippen LogP contribution >= 0.6 is 0 Å². The normalized spacial score (nSPS) is 14.1. The maximum absolute atomic E-state index is 12.6. The fourth-order valence-corrected chi connectivity index (χ4v) is 4.16. The number of hydrogen-bond donors (Lipinski definition) is 2. The summed E-state index contributed by atoms with van der Waals surface area (Å²) in [7, 11) is -2.33. The van der Waals surface area contributed by atoms with E-state index in [2.05, 4.69) is 10.0 Å². The zero-order valence-corrected chi connectivity index (χ0v) is 15.8. The first-order chi connectivity index (χ1) is 12.3. The molecule has 6 nitrogen and oxygen atoms in total. The van der Waals surface area contributed by atoms with Gasteiger partial charge in [0.05, 0.1) is 7.11 Å². The van der Waals surface area contributed by atoms with Gasteiger partial charge in [-0.3, -0.25) is 4.79 Å². The molecule has 0 aliphatic heterocycles. The number of carbonyl (C=O) groups is 1. The number of carbonyl (C=O) groups excluding carboxylic acids is 1. The summed E-state index contributed by atoms with van der Waals surface area (Å²) in [5, 5.41) is 2.83. The molecule has 26 heavy (non-hydrogen) atoms. The van der Waals surface area contributed by atoms with E-state index in [9.17, 15) is 13.2 Å². The van der Waals surface area contributed by atoms with E-state index in [-0.39, 0.29) is 28.2 Å². The van der Waals surface area contributed by atoms with E-state index in [4.69, 9.17) is 4.74 Å². The van der Waals surface area contributed by atoms with E-state index in [1.165, 1.54) is 19.2 Å². The number of amides is 1. The molecular weight excluding hydrogens is 352 g/mol. The molecule has 0 aromatic heterocycles. The average molecular weight is 374 g/mol. The zero-order chi connectivity index (χ0) is 18.9. The number of anilines is 1. The molecule has 0 atom stereocenters. The van der Waals surface area contributed by atoms with Gasteiger partial charge in [0.15, 0.2) is 0 Å². The lowest BCUT2D eigenvalue weighted by Crippen LogP contribution is -2.26. The van der Waals surface area contributed by atoms with Crippen LogP contribution in [0.3, 0.4) is 0 Å². The number of sulfonamides is 1. The second-order valence-corrected chi connectivity index (χ2v) is 8.22. The molecule has 2 N–H and O–H groups in total. The molecule has 2 aromatic rings. The van der Waals surface area contributed by atoms with Crippen LogP contribution in [0, 0.1) is 13.8 Å². The van der Waals surface area contributed by atoms with Crippen molar-refractivity contribution in [3.05, 3.63) is 53.1 Å². The van der Waals surface area contributed by atoms with Crippen molar-refractivity contribution in [2.75, 3.05) is 12.4 Å². The number of rotatable bonds is 6. The molecule has 0 unspecified atom stereocenters. The number of nitrogens with one attached hydrogen (secondary N) is 2. The Balaban J connectivity index is 1.90. The molecule has 1 fully saturated rings. The third kappa shape index (κ3) is 4.05. The molecule has 0 saturated heterocycles. The molecule has 0 heterocycles. The summed E-state index contributed by atoms with van der Waals surface area (Å²) in [4.78, 5) is 12.6. The molecule has 3 rings (SSSR count). The third-order valence-electron chi connectivity index (χ3n) is 4.24. The van der Waals surface area contributed by atoms with Crippen LogP contribution in [0.4, 0.5) is 5.69 Å². The molecule has 7 heteroatoms. The quantitative estimate of drug-likeness (QED) is 0.814. The summed E-state index contributed by atoms with van der Waals surface area (Å²) in [6.45, 7) is 3.89. The number of hydrogen-bond acceptors (Lipinski definition) is 4. The number of ether oxygens (including phenoxy) is 1. The van der Waals surface area contributed by atoms with E-state index in [1.54, 1.807) is 6.07 Å². The highest BCUT2D eigenvalue weighted by Gasteiger charge is 2.30. The zero-order valence-electron chi connectivity index (χ0n) is 15.0. The molecule has 0 spiro atoms. The van der Waals surface area contributed by atoms with Crippen molar-refractivity contribution < 1.29 is 17.9 Å². The molecular formula is C19H22N2O4S. The molecule has 0 bridgehead atoms. The van der Waals surface area contributed by atoms with Crippen LogP contribution in [0.25, 0.3) is 0 Å². The molecule has 2 aromatic carbocycles. The lowest BCUT2D eigenvalue weighted by molar-refractivity contribution is 0.102. The van der Waals surface area contributed by atoms with E-state index >= 15 is 0 Å². The third-order valence-corrected chi connectivity index (χ3v) is 5.79. The van der Waals surface area contributed by atoms with Gasteiger partial charge in [0.2, 0.25) is 10.0 Å². The predicted molar refractivity (Wildman–Crippen MR) is 100 cm³/mol. The average Bonchev–Trinajstić information content (AvgIpc) is 3.40. The summed E-state index contributed by atoms with van der Waals surface area (Å²) in [6.07, 6.45) is 1.66.